The Morgan fingerprint density at radius 1 is 1.25 bits per heavy atom. The Morgan fingerprint density at radius 3 is 2.62 bits per heavy atom. The monoisotopic (exact) mass is 330 g/mol. The average Bonchev–Trinajstić information content (AvgIpc) is 2.99. The molecule has 8 heteroatoms. The van der Waals surface area contributed by atoms with Crippen molar-refractivity contribution in [1.82, 2.24) is 20.1 Å². The minimum Gasteiger partial charge on any atom is -0.350 e. The molecule has 0 radical (unpaired) electrons. The molecule has 4 N–H and O–H groups in total. The van der Waals surface area contributed by atoms with Crippen LogP contribution in [0, 0.1) is 5.92 Å². The van der Waals surface area contributed by atoms with Gasteiger partial charge in [-0.05, 0) is 11.5 Å². The number of benzene rings is 1. The molecule has 1 atom stereocenters. The molecular formula is C16H22N6O2. The van der Waals surface area contributed by atoms with E-state index in [2.05, 4.69) is 20.7 Å². The summed E-state index contributed by atoms with van der Waals surface area (Å²) in [6.07, 6.45) is 1.39. The molecule has 8 nitrogen and oxygen atoms in total. The Morgan fingerprint density at radius 2 is 1.96 bits per heavy atom. The summed E-state index contributed by atoms with van der Waals surface area (Å²) in [5.74, 6) is -0.403. The van der Waals surface area contributed by atoms with Crippen LogP contribution >= 0.6 is 0 Å². The number of nitrogens with two attached hydrogens (primary N) is 1. The van der Waals surface area contributed by atoms with Gasteiger partial charge in [0.15, 0.2) is 0 Å². The van der Waals surface area contributed by atoms with Gasteiger partial charge in [0.05, 0.1) is 6.04 Å². The molecule has 0 saturated carbocycles. The van der Waals surface area contributed by atoms with E-state index in [1.165, 1.54) is 11.0 Å². The van der Waals surface area contributed by atoms with Gasteiger partial charge in [-0.3, -0.25) is 14.9 Å². The van der Waals surface area contributed by atoms with Crippen molar-refractivity contribution in [3.63, 3.8) is 0 Å². The number of amides is 2. The maximum atomic E-state index is 11.9. The van der Waals surface area contributed by atoms with E-state index >= 15 is 0 Å². The van der Waals surface area contributed by atoms with Gasteiger partial charge in [0.1, 0.15) is 12.9 Å². The lowest BCUT2D eigenvalue weighted by atomic mass is 10.1. The number of rotatable bonds is 7. The molecule has 0 aliphatic heterocycles. The topological polar surface area (TPSA) is 115 Å². The standard InChI is InChI=1S/C16H22N6O2/c1-11(2)14(17)15(24)20-16-19-10-22(21-16)9-13(23)18-8-12-6-4-3-5-7-12/h3-7,10-11,14H,8-9,17H2,1-2H3,(H,18,23)(H,20,21,24)/t14-/m0/s1. The molecule has 24 heavy (non-hydrogen) atoms. The van der Waals surface area contributed by atoms with Gasteiger partial charge in [-0.25, -0.2) is 9.67 Å². The van der Waals surface area contributed by atoms with Gasteiger partial charge in [0.2, 0.25) is 17.8 Å². The van der Waals surface area contributed by atoms with E-state index in [4.69, 9.17) is 5.73 Å². The quantitative estimate of drug-likeness (QED) is 0.684. The number of hydrogen-bond donors (Lipinski definition) is 3. The zero-order chi connectivity index (χ0) is 17.5. The highest BCUT2D eigenvalue weighted by Gasteiger charge is 2.18. The molecule has 0 fully saturated rings. The summed E-state index contributed by atoms with van der Waals surface area (Å²) >= 11 is 0. The number of hydrogen-bond acceptors (Lipinski definition) is 5. The molecule has 1 heterocycles. The lowest BCUT2D eigenvalue weighted by Gasteiger charge is -2.13. The Hall–Kier alpha value is -2.74. The van der Waals surface area contributed by atoms with Crippen molar-refractivity contribution in [3.8, 4) is 0 Å². The summed E-state index contributed by atoms with van der Waals surface area (Å²) in [7, 11) is 0. The Kier molecular flexibility index (Phi) is 6.02. The van der Waals surface area contributed by atoms with Crippen LogP contribution in [0.25, 0.3) is 0 Å². The smallest absolute Gasteiger partial charge is 0.248 e. The molecule has 2 amide bonds. The van der Waals surface area contributed by atoms with E-state index in [1.807, 2.05) is 44.2 Å². The van der Waals surface area contributed by atoms with Crippen LogP contribution in [-0.2, 0) is 22.7 Å². The molecule has 128 valence electrons. The first-order chi connectivity index (χ1) is 11.5. The molecule has 2 rings (SSSR count). The van der Waals surface area contributed by atoms with E-state index in [-0.39, 0.29) is 30.2 Å². The van der Waals surface area contributed by atoms with Crippen LogP contribution < -0.4 is 16.4 Å². The second kappa shape index (κ2) is 8.21. The normalized spacial score (nSPS) is 12.0. The molecule has 0 unspecified atom stereocenters. The van der Waals surface area contributed by atoms with Crippen LogP contribution in [0.3, 0.4) is 0 Å². The largest absolute Gasteiger partial charge is 0.350 e. The Bertz CT molecular complexity index is 683. The molecule has 0 spiro atoms. The summed E-state index contributed by atoms with van der Waals surface area (Å²) in [5, 5.41) is 9.38. The zero-order valence-corrected chi connectivity index (χ0v) is 13.8. The summed E-state index contributed by atoms with van der Waals surface area (Å²) in [5.41, 5.74) is 6.77. The van der Waals surface area contributed by atoms with Crippen LogP contribution in [-0.4, -0.2) is 32.6 Å². The van der Waals surface area contributed by atoms with Gasteiger partial charge in [0, 0.05) is 6.54 Å². The van der Waals surface area contributed by atoms with Crippen molar-refractivity contribution in [2.75, 3.05) is 5.32 Å². The zero-order valence-electron chi connectivity index (χ0n) is 13.8. The van der Waals surface area contributed by atoms with Crippen molar-refractivity contribution in [3.05, 3.63) is 42.2 Å². The number of anilines is 1. The van der Waals surface area contributed by atoms with Crippen LogP contribution in [0.2, 0.25) is 0 Å². The highest BCUT2D eigenvalue weighted by molar-refractivity contribution is 5.93. The number of carbonyl (C=O) groups is 2. The number of aromatic nitrogens is 3. The second-order valence-electron chi connectivity index (χ2n) is 5.79. The molecule has 0 aliphatic carbocycles. The highest BCUT2D eigenvalue weighted by atomic mass is 16.2. The molecule has 0 saturated heterocycles. The van der Waals surface area contributed by atoms with Gasteiger partial charge < -0.3 is 11.1 Å². The van der Waals surface area contributed by atoms with Gasteiger partial charge in [-0.2, -0.15) is 0 Å². The first-order valence-electron chi connectivity index (χ1n) is 7.72. The fraction of sp³-hybridized carbons (Fsp3) is 0.375. The molecule has 0 aliphatic rings. The Labute approximate surface area is 140 Å². The maximum Gasteiger partial charge on any atom is 0.248 e. The van der Waals surface area contributed by atoms with Gasteiger partial charge in [-0.1, -0.05) is 44.2 Å². The SMILES string of the molecule is CC(C)[C@H](N)C(=O)Nc1ncn(CC(=O)NCc2ccccc2)n1. The third-order valence-electron chi connectivity index (χ3n) is 3.43. The predicted molar refractivity (Wildman–Crippen MR) is 89.8 cm³/mol. The molecule has 1 aromatic carbocycles. The molecule has 1 aromatic heterocycles. The molecular weight excluding hydrogens is 308 g/mol. The van der Waals surface area contributed by atoms with E-state index in [0.29, 0.717) is 6.54 Å². The van der Waals surface area contributed by atoms with Crippen LogP contribution in [0.1, 0.15) is 19.4 Å². The summed E-state index contributed by atoms with van der Waals surface area (Å²) < 4.78 is 1.36. The first-order valence-corrected chi connectivity index (χ1v) is 7.72. The van der Waals surface area contributed by atoms with E-state index in [1.54, 1.807) is 0 Å². The predicted octanol–water partition coefficient (Wildman–Crippen LogP) is 0.516. The van der Waals surface area contributed by atoms with Gasteiger partial charge >= 0.3 is 0 Å². The van der Waals surface area contributed by atoms with E-state index < -0.39 is 6.04 Å². The van der Waals surface area contributed by atoms with Gasteiger partial charge in [-0.15, -0.1) is 5.10 Å². The van der Waals surface area contributed by atoms with Crippen LogP contribution in [0.4, 0.5) is 5.95 Å². The number of carbonyl (C=O) groups excluding carboxylic acids is 2. The fourth-order valence-electron chi connectivity index (χ4n) is 1.92. The average molecular weight is 330 g/mol. The van der Waals surface area contributed by atoms with Crippen LogP contribution in [0.15, 0.2) is 36.7 Å². The Balaban J connectivity index is 1.82. The molecule has 2 aromatic rings. The highest BCUT2D eigenvalue weighted by Crippen LogP contribution is 2.03. The number of nitrogens with zero attached hydrogens (tertiary/aromatic N) is 3. The fourth-order valence-corrected chi connectivity index (χ4v) is 1.92. The summed E-state index contributed by atoms with van der Waals surface area (Å²) in [4.78, 5) is 27.7. The van der Waals surface area contributed by atoms with Crippen molar-refractivity contribution < 1.29 is 9.59 Å². The van der Waals surface area contributed by atoms with Crippen LogP contribution in [0.5, 0.6) is 0 Å². The van der Waals surface area contributed by atoms with Crippen molar-refractivity contribution in [2.45, 2.75) is 33.0 Å². The number of nitrogens with one attached hydrogen (secondary N) is 2. The lowest BCUT2D eigenvalue weighted by Crippen LogP contribution is -2.40. The van der Waals surface area contributed by atoms with Crippen molar-refractivity contribution >= 4 is 17.8 Å². The van der Waals surface area contributed by atoms with Crippen molar-refractivity contribution in [1.29, 1.82) is 0 Å². The van der Waals surface area contributed by atoms with Crippen molar-refractivity contribution in [2.24, 2.45) is 11.7 Å². The summed E-state index contributed by atoms with van der Waals surface area (Å²) in [6.45, 7) is 4.17. The lowest BCUT2D eigenvalue weighted by molar-refractivity contribution is -0.122. The van der Waals surface area contributed by atoms with E-state index in [0.717, 1.165) is 5.56 Å². The minimum atomic E-state index is -0.633. The maximum absolute atomic E-state index is 11.9. The minimum absolute atomic E-state index is 0.0100. The van der Waals surface area contributed by atoms with E-state index in [9.17, 15) is 9.59 Å². The second-order valence-corrected chi connectivity index (χ2v) is 5.79. The van der Waals surface area contributed by atoms with Gasteiger partial charge in [0.25, 0.3) is 0 Å². The third-order valence-corrected chi connectivity index (χ3v) is 3.43. The third kappa shape index (κ3) is 5.17. The summed E-state index contributed by atoms with van der Waals surface area (Å²) in [6, 6.07) is 8.97. The first kappa shape index (κ1) is 17.6. The molecule has 0 bridgehead atoms.